The number of carbonyl (C=O) groups is 1. The Kier molecular flexibility index (Phi) is 6.01. The van der Waals surface area contributed by atoms with Gasteiger partial charge in [0.15, 0.2) is 0 Å². The molecule has 28 heavy (non-hydrogen) atoms. The van der Waals surface area contributed by atoms with Crippen LogP contribution in [0.5, 0.6) is 5.75 Å². The molecule has 3 unspecified atom stereocenters. The topological polar surface area (TPSA) is 53.6 Å². The van der Waals surface area contributed by atoms with Crippen molar-refractivity contribution in [3.05, 3.63) is 48.1 Å². The summed E-state index contributed by atoms with van der Waals surface area (Å²) in [5.41, 5.74) is 4.65. The van der Waals surface area contributed by atoms with Crippen LogP contribution in [0.25, 0.3) is 0 Å². The maximum absolute atomic E-state index is 12.7. The molecular formula is C23H31N3O2. The summed E-state index contributed by atoms with van der Waals surface area (Å²) in [5.74, 6) is 1.08. The third kappa shape index (κ3) is 4.25. The zero-order valence-corrected chi connectivity index (χ0v) is 16.7. The number of anilines is 1. The van der Waals surface area contributed by atoms with Crippen molar-refractivity contribution in [1.29, 1.82) is 0 Å². The molecule has 0 saturated carbocycles. The largest absolute Gasteiger partial charge is 0.483 e. The minimum Gasteiger partial charge on any atom is -0.483 e. The fraction of sp³-hybridized carbons (Fsp3) is 0.522. The normalized spacial score (nSPS) is 26.4. The van der Waals surface area contributed by atoms with E-state index in [0.717, 1.165) is 43.8 Å². The Morgan fingerprint density at radius 1 is 1.21 bits per heavy atom. The molecule has 5 nitrogen and oxygen atoms in total. The number of hydrogen-bond acceptors (Lipinski definition) is 4. The van der Waals surface area contributed by atoms with Gasteiger partial charge in [-0.1, -0.05) is 44.4 Å². The van der Waals surface area contributed by atoms with E-state index in [4.69, 9.17) is 4.74 Å². The summed E-state index contributed by atoms with van der Waals surface area (Å²) in [7, 11) is 0. The fourth-order valence-corrected chi connectivity index (χ4v) is 4.32. The Bertz CT molecular complexity index is 752. The van der Waals surface area contributed by atoms with Gasteiger partial charge in [-0.05, 0) is 43.5 Å². The average molecular weight is 382 g/mol. The van der Waals surface area contributed by atoms with Crippen LogP contribution in [0.2, 0.25) is 0 Å². The summed E-state index contributed by atoms with van der Waals surface area (Å²) < 4.78 is 6.31. The van der Waals surface area contributed by atoms with Crippen LogP contribution in [0.4, 0.5) is 5.69 Å². The first kappa shape index (κ1) is 19.1. The van der Waals surface area contributed by atoms with E-state index >= 15 is 0 Å². The molecule has 0 aromatic heterocycles. The van der Waals surface area contributed by atoms with Crippen LogP contribution in [0, 0.1) is 5.92 Å². The molecule has 1 fully saturated rings. The molecule has 0 spiro atoms. The number of piperidine rings is 1. The summed E-state index contributed by atoms with van der Waals surface area (Å²) in [6, 6.07) is 6.04. The number of hydrazine groups is 1. The smallest absolute Gasteiger partial charge is 0.265 e. The number of nitrogens with one attached hydrogen (secondary N) is 2. The number of amides is 1. The Morgan fingerprint density at radius 3 is 2.86 bits per heavy atom. The van der Waals surface area contributed by atoms with Gasteiger partial charge in [-0.15, -0.1) is 0 Å². The van der Waals surface area contributed by atoms with Gasteiger partial charge in [0, 0.05) is 30.6 Å². The van der Waals surface area contributed by atoms with Crippen LogP contribution < -0.4 is 15.5 Å². The van der Waals surface area contributed by atoms with E-state index in [1.165, 1.54) is 19.3 Å². The van der Waals surface area contributed by atoms with Gasteiger partial charge in [0.2, 0.25) is 0 Å². The molecule has 2 aliphatic heterocycles. The molecule has 4 rings (SSSR count). The molecule has 1 aromatic carbocycles. The fourth-order valence-electron chi connectivity index (χ4n) is 4.32. The third-order valence-electron chi connectivity index (χ3n) is 5.92. The van der Waals surface area contributed by atoms with Crippen molar-refractivity contribution in [1.82, 2.24) is 10.4 Å². The van der Waals surface area contributed by atoms with Crippen molar-refractivity contribution >= 4 is 11.6 Å². The van der Waals surface area contributed by atoms with Gasteiger partial charge in [0.1, 0.15) is 11.9 Å². The minimum atomic E-state index is -0.0435. The lowest BCUT2D eigenvalue weighted by Gasteiger charge is -2.29. The van der Waals surface area contributed by atoms with Crippen LogP contribution in [-0.2, 0) is 0 Å². The quantitative estimate of drug-likeness (QED) is 0.799. The molecule has 150 valence electrons. The number of benzene rings is 1. The molecule has 1 aliphatic carbocycles. The summed E-state index contributed by atoms with van der Waals surface area (Å²) in [6.45, 7) is 4.08. The zero-order chi connectivity index (χ0) is 19.3. The van der Waals surface area contributed by atoms with Crippen LogP contribution in [-0.4, -0.2) is 36.2 Å². The highest BCUT2D eigenvalue weighted by atomic mass is 16.5. The number of ether oxygens (including phenoxy) is 1. The third-order valence-corrected chi connectivity index (χ3v) is 5.92. The molecule has 1 amide bonds. The van der Waals surface area contributed by atoms with Crippen molar-refractivity contribution in [2.75, 3.05) is 18.4 Å². The monoisotopic (exact) mass is 381 g/mol. The first-order valence-corrected chi connectivity index (χ1v) is 10.7. The Balaban J connectivity index is 1.54. The maximum atomic E-state index is 12.7. The molecule has 1 aromatic rings. The number of nitrogens with zero attached hydrogens (tertiary/aromatic N) is 1. The number of fused-ring (bicyclic) bond motifs is 2. The lowest BCUT2D eigenvalue weighted by Crippen LogP contribution is -2.45. The molecule has 3 aliphatic rings. The maximum Gasteiger partial charge on any atom is 0.265 e. The molecular weight excluding hydrogens is 350 g/mol. The Morgan fingerprint density at radius 2 is 2.04 bits per heavy atom. The van der Waals surface area contributed by atoms with E-state index in [0.29, 0.717) is 17.5 Å². The second-order valence-electron chi connectivity index (χ2n) is 8.02. The van der Waals surface area contributed by atoms with Gasteiger partial charge in [-0.3, -0.25) is 10.2 Å². The molecule has 5 heteroatoms. The molecule has 2 heterocycles. The van der Waals surface area contributed by atoms with E-state index in [1.807, 2.05) is 23.2 Å². The van der Waals surface area contributed by atoms with Crippen LogP contribution in [0.1, 0.15) is 55.8 Å². The highest BCUT2D eigenvalue weighted by Gasteiger charge is 2.32. The highest BCUT2D eigenvalue weighted by molar-refractivity contribution is 5.95. The average Bonchev–Trinajstić information content (AvgIpc) is 2.88. The van der Waals surface area contributed by atoms with Crippen molar-refractivity contribution in [2.24, 2.45) is 5.92 Å². The second-order valence-corrected chi connectivity index (χ2v) is 8.02. The number of unbranched alkanes of at least 4 members (excludes halogenated alkanes) is 1. The van der Waals surface area contributed by atoms with E-state index < -0.39 is 0 Å². The molecule has 3 atom stereocenters. The first-order valence-electron chi connectivity index (χ1n) is 10.7. The molecule has 0 radical (unpaired) electrons. The van der Waals surface area contributed by atoms with Crippen molar-refractivity contribution < 1.29 is 9.53 Å². The number of carbonyl (C=O) groups excluding carboxylic acids is 1. The number of allylic oxidation sites excluding steroid dienone is 2. The summed E-state index contributed by atoms with van der Waals surface area (Å²) in [5, 5.41) is 5.73. The van der Waals surface area contributed by atoms with Crippen molar-refractivity contribution in [3.63, 3.8) is 0 Å². The van der Waals surface area contributed by atoms with Gasteiger partial charge < -0.3 is 10.1 Å². The van der Waals surface area contributed by atoms with Gasteiger partial charge >= 0.3 is 0 Å². The predicted molar refractivity (Wildman–Crippen MR) is 112 cm³/mol. The summed E-state index contributed by atoms with van der Waals surface area (Å²) >= 11 is 0. The van der Waals surface area contributed by atoms with E-state index in [2.05, 4.69) is 42.0 Å². The van der Waals surface area contributed by atoms with Gasteiger partial charge in [0.25, 0.3) is 5.91 Å². The van der Waals surface area contributed by atoms with Gasteiger partial charge in [-0.2, -0.15) is 0 Å². The zero-order valence-electron chi connectivity index (χ0n) is 16.7. The summed E-state index contributed by atoms with van der Waals surface area (Å²) in [6.07, 6.45) is 15.5. The lowest BCUT2D eigenvalue weighted by molar-refractivity contribution is 0.0750. The van der Waals surface area contributed by atoms with E-state index in [1.54, 1.807) is 0 Å². The lowest BCUT2D eigenvalue weighted by atomic mass is 9.87. The van der Waals surface area contributed by atoms with Crippen LogP contribution in [0.3, 0.4) is 0 Å². The van der Waals surface area contributed by atoms with Crippen LogP contribution >= 0.6 is 0 Å². The van der Waals surface area contributed by atoms with Crippen LogP contribution in [0.15, 0.2) is 42.5 Å². The first-order chi connectivity index (χ1) is 13.7. The van der Waals surface area contributed by atoms with Crippen molar-refractivity contribution in [2.45, 2.75) is 57.6 Å². The van der Waals surface area contributed by atoms with E-state index in [9.17, 15) is 4.79 Å². The molecule has 1 saturated heterocycles. The van der Waals surface area contributed by atoms with Gasteiger partial charge in [-0.25, -0.2) is 5.01 Å². The standard InChI is InChI=1S/C23H31N3O2/c1-2-3-10-19-18-9-5-6-11-21(18)28-22-13-12-17(16-20(22)24-19)23(27)25-26-14-7-4-8-15-26/h5-6,9,11-13,16,18-19,21,24H,2-4,7-8,10,14-15H2,1H3,(H,25,27). The minimum absolute atomic E-state index is 0.0358. The van der Waals surface area contributed by atoms with Gasteiger partial charge in [0.05, 0.1) is 5.69 Å². The number of hydrogen-bond donors (Lipinski definition) is 2. The number of rotatable bonds is 5. The second kappa shape index (κ2) is 8.82. The molecule has 0 bridgehead atoms. The Hall–Kier alpha value is -2.27. The molecule has 2 N–H and O–H groups in total. The highest BCUT2D eigenvalue weighted by Crippen LogP contribution is 2.36. The summed E-state index contributed by atoms with van der Waals surface area (Å²) in [4.78, 5) is 12.7. The SMILES string of the molecule is CCCCC1Nc2cc(C(=O)NN3CCCCC3)ccc2OC2C=CC=CC12. The Labute approximate surface area is 167 Å². The predicted octanol–water partition coefficient (Wildman–Crippen LogP) is 4.29. The van der Waals surface area contributed by atoms with E-state index in [-0.39, 0.29) is 12.0 Å². The van der Waals surface area contributed by atoms with Crippen molar-refractivity contribution in [3.8, 4) is 5.75 Å².